The molecule has 0 spiro atoms. The summed E-state index contributed by atoms with van der Waals surface area (Å²) in [6.07, 6.45) is 0. The van der Waals surface area contributed by atoms with E-state index in [9.17, 15) is 17.6 Å². The lowest BCUT2D eigenvalue weighted by Gasteiger charge is -2.05. The first-order valence-electron chi connectivity index (χ1n) is 3.82. The Labute approximate surface area is 81.6 Å². The summed E-state index contributed by atoms with van der Waals surface area (Å²) in [5, 5.41) is 18.0. The molecule has 78 valence electrons. The zero-order valence-corrected chi connectivity index (χ0v) is 6.97. The van der Waals surface area contributed by atoms with Gasteiger partial charge in [0.25, 0.3) is 0 Å². The van der Waals surface area contributed by atoms with Gasteiger partial charge in [0.15, 0.2) is 23.3 Å². The third kappa shape index (κ3) is 1.27. The summed E-state index contributed by atoms with van der Waals surface area (Å²) in [6.45, 7) is 0. The van der Waals surface area contributed by atoms with Gasteiger partial charge < -0.3 is 14.6 Å². The highest BCUT2D eigenvalue weighted by Gasteiger charge is 2.45. The number of hydrogen-bond acceptors (Lipinski definition) is 3. The van der Waals surface area contributed by atoms with Crippen LogP contribution in [0, 0.1) is 23.3 Å². The minimum atomic E-state index is -2.05. The fourth-order valence-electron chi connectivity index (χ4n) is 1.41. The predicted octanol–water partition coefficient (Wildman–Crippen LogP) is -1.35. The van der Waals surface area contributed by atoms with Crippen LogP contribution in [-0.2, 0) is 4.57 Å². The van der Waals surface area contributed by atoms with Gasteiger partial charge in [0.1, 0.15) is 0 Å². The minimum absolute atomic E-state index is 0.918. The van der Waals surface area contributed by atoms with E-state index in [1.165, 1.54) is 0 Å². The second-order valence-corrected chi connectivity index (χ2v) is 2.92. The molecule has 0 atom stereocenters. The monoisotopic (exact) mass is 220 g/mol. The lowest BCUT2D eigenvalue weighted by Crippen LogP contribution is -2.42. The molecule has 0 radical (unpaired) electrons. The summed E-state index contributed by atoms with van der Waals surface area (Å²) in [4.78, 5) is 0. The molecule has 1 aliphatic heterocycles. The zero-order chi connectivity index (χ0) is 11.3. The number of rotatable bonds is 0. The molecular weight excluding hydrogens is 218 g/mol. The van der Waals surface area contributed by atoms with Gasteiger partial charge in [-0.05, 0) is 0 Å². The first kappa shape index (κ1) is 10.5. The highest BCUT2D eigenvalue weighted by atomic mass is 19.2. The molecule has 0 aliphatic carbocycles. The number of benzene rings is 1. The van der Waals surface area contributed by atoms with E-state index in [1.807, 2.05) is 0 Å². The average Bonchev–Trinajstić information content (AvgIpc) is 2.47. The summed E-state index contributed by atoms with van der Waals surface area (Å²) in [6, 6.07) is 0. The van der Waals surface area contributed by atoms with Crippen molar-refractivity contribution < 1.29 is 32.2 Å². The van der Waals surface area contributed by atoms with Crippen LogP contribution in [0.4, 0.5) is 17.6 Å². The van der Waals surface area contributed by atoms with Crippen LogP contribution in [0.15, 0.2) is 0 Å². The Hall–Kier alpha value is -1.05. The van der Waals surface area contributed by atoms with Crippen molar-refractivity contribution in [3.8, 4) is 0 Å². The molecule has 0 unspecified atom stereocenters. The normalized spacial score (nSPS) is 14.8. The van der Waals surface area contributed by atoms with E-state index in [0.29, 0.717) is 0 Å². The molecule has 15 heavy (non-hydrogen) atoms. The molecule has 3 nitrogen and oxygen atoms in total. The number of hydrogen-bond donors (Lipinski definition) is 2. The smallest absolute Gasteiger partial charge is 0.443 e. The van der Waals surface area contributed by atoms with Crippen LogP contribution in [0.1, 0.15) is 0 Å². The van der Waals surface area contributed by atoms with Gasteiger partial charge in [-0.3, -0.25) is 0 Å². The molecule has 0 saturated carbocycles. The van der Waals surface area contributed by atoms with E-state index >= 15 is 0 Å². The third-order valence-electron chi connectivity index (χ3n) is 2.09. The molecule has 2 N–H and O–H groups in total. The fourth-order valence-corrected chi connectivity index (χ4v) is 1.41. The van der Waals surface area contributed by atoms with Crippen molar-refractivity contribution in [3.05, 3.63) is 23.3 Å². The Balaban J connectivity index is 2.80. The first-order valence-corrected chi connectivity index (χ1v) is 3.82. The first-order chi connectivity index (χ1) is 6.95. The maximum absolute atomic E-state index is 13.0. The second-order valence-electron chi connectivity index (χ2n) is 2.92. The molecule has 1 aromatic carbocycles. The molecule has 0 saturated heterocycles. The summed E-state index contributed by atoms with van der Waals surface area (Å²) in [5.74, 6) is -7.65. The minimum Gasteiger partial charge on any atom is -0.443 e. The van der Waals surface area contributed by atoms with Crippen LogP contribution in [-0.4, -0.2) is 24.3 Å². The molecular formula is C6H2B2F4O3. The molecule has 0 aromatic heterocycles. The van der Waals surface area contributed by atoms with Crippen LogP contribution in [0.25, 0.3) is 0 Å². The van der Waals surface area contributed by atoms with Crippen molar-refractivity contribution in [1.82, 2.24) is 0 Å². The summed E-state index contributed by atoms with van der Waals surface area (Å²) in [5.41, 5.74) is -1.84. The summed E-state index contributed by atoms with van der Waals surface area (Å²) in [7, 11) is -4.03. The Morgan fingerprint density at radius 2 is 1.07 bits per heavy atom. The molecule has 9 heteroatoms. The van der Waals surface area contributed by atoms with Gasteiger partial charge in [-0.15, -0.1) is 0 Å². The summed E-state index contributed by atoms with van der Waals surface area (Å²) >= 11 is 0. The maximum Gasteiger partial charge on any atom is 0.480 e. The Kier molecular flexibility index (Phi) is 2.25. The molecule has 0 bridgehead atoms. The van der Waals surface area contributed by atoms with Crippen LogP contribution in [0.3, 0.4) is 0 Å². The van der Waals surface area contributed by atoms with Crippen molar-refractivity contribution in [1.29, 1.82) is 0 Å². The van der Waals surface area contributed by atoms with E-state index in [0.717, 1.165) is 0 Å². The predicted molar refractivity (Wildman–Crippen MR) is 42.6 cm³/mol. The lowest BCUT2D eigenvalue weighted by molar-refractivity contribution is 0.385. The van der Waals surface area contributed by atoms with Crippen molar-refractivity contribution in [3.63, 3.8) is 0 Å². The van der Waals surface area contributed by atoms with Crippen molar-refractivity contribution in [2.75, 3.05) is 0 Å². The second kappa shape index (κ2) is 3.22. The Morgan fingerprint density at radius 1 is 0.733 bits per heavy atom. The van der Waals surface area contributed by atoms with Crippen LogP contribution >= 0.6 is 0 Å². The fraction of sp³-hybridized carbons (Fsp3) is 0. The molecule has 1 aliphatic rings. The SMILES string of the molecule is OB1OB(O)c2c(F)c(F)c(F)c(F)c21. The Bertz CT molecular complexity index is 402. The average molecular weight is 220 g/mol. The van der Waals surface area contributed by atoms with E-state index in [1.54, 1.807) is 0 Å². The van der Waals surface area contributed by atoms with Gasteiger partial charge in [-0.1, -0.05) is 0 Å². The Morgan fingerprint density at radius 3 is 1.40 bits per heavy atom. The maximum atomic E-state index is 13.0. The molecule has 1 heterocycles. The standard InChI is InChI=1S/C6H2B2F4O3/c9-3-1-2(8(14)15-7(1)13)4(10)6(12)5(3)11/h13-14H. The van der Waals surface area contributed by atoms with Crippen LogP contribution < -0.4 is 10.9 Å². The molecule has 1 aromatic rings. The highest BCUT2D eigenvalue weighted by molar-refractivity contribution is 6.84. The zero-order valence-electron chi connectivity index (χ0n) is 6.97. The van der Waals surface area contributed by atoms with E-state index in [4.69, 9.17) is 10.0 Å². The van der Waals surface area contributed by atoms with Crippen molar-refractivity contribution in [2.24, 2.45) is 0 Å². The molecule has 0 amide bonds. The molecule has 2 rings (SSSR count). The lowest BCUT2D eigenvalue weighted by atomic mass is 9.72. The molecule has 0 fully saturated rings. The van der Waals surface area contributed by atoms with Gasteiger partial charge in [-0.25, -0.2) is 17.6 Å². The van der Waals surface area contributed by atoms with Gasteiger partial charge >= 0.3 is 14.2 Å². The van der Waals surface area contributed by atoms with Crippen molar-refractivity contribution >= 4 is 25.2 Å². The van der Waals surface area contributed by atoms with Crippen molar-refractivity contribution in [2.45, 2.75) is 0 Å². The topological polar surface area (TPSA) is 49.7 Å². The van der Waals surface area contributed by atoms with E-state index < -0.39 is 48.4 Å². The number of halogens is 4. The third-order valence-corrected chi connectivity index (χ3v) is 2.09. The van der Waals surface area contributed by atoms with E-state index in [-0.39, 0.29) is 0 Å². The van der Waals surface area contributed by atoms with Crippen LogP contribution in [0.5, 0.6) is 0 Å². The van der Waals surface area contributed by atoms with Crippen LogP contribution in [0.2, 0.25) is 0 Å². The summed E-state index contributed by atoms with van der Waals surface area (Å²) < 4.78 is 55.7. The largest absolute Gasteiger partial charge is 0.480 e. The van der Waals surface area contributed by atoms with Gasteiger partial charge in [0.2, 0.25) is 0 Å². The quantitative estimate of drug-likeness (QED) is 0.246. The number of fused-ring (bicyclic) bond motifs is 1. The van der Waals surface area contributed by atoms with Gasteiger partial charge in [-0.2, -0.15) is 0 Å². The highest BCUT2D eigenvalue weighted by Crippen LogP contribution is 2.15. The van der Waals surface area contributed by atoms with Gasteiger partial charge in [0.05, 0.1) is 0 Å². The van der Waals surface area contributed by atoms with Gasteiger partial charge in [0, 0.05) is 10.9 Å². The van der Waals surface area contributed by atoms with E-state index in [2.05, 4.69) is 4.57 Å².